The molecule has 0 spiro atoms. The van der Waals surface area contributed by atoms with Gasteiger partial charge < -0.3 is 26.0 Å². The molecule has 2 aromatic carbocycles. The van der Waals surface area contributed by atoms with Crippen LogP contribution in [0, 0.1) is 0 Å². The Kier molecular flexibility index (Phi) is 9.51. The van der Waals surface area contributed by atoms with Crippen molar-refractivity contribution in [3.63, 3.8) is 0 Å². The Labute approximate surface area is 182 Å². The number of benzene rings is 2. The Bertz CT molecular complexity index is 881. The molecule has 0 heterocycles. The summed E-state index contributed by atoms with van der Waals surface area (Å²) in [7, 11) is 0. The summed E-state index contributed by atoms with van der Waals surface area (Å²) in [5, 5.41) is 11.0. The number of amides is 4. The van der Waals surface area contributed by atoms with Crippen LogP contribution in [0.15, 0.2) is 48.5 Å². The number of carbonyl (C=O) groups excluding carboxylic acids is 3. The lowest BCUT2D eigenvalue weighted by Gasteiger charge is -2.11. The van der Waals surface area contributed by atoms with Crippen LogP contribution in [0.1, 0.15) is 47.9 Å². The molecule has 0 fully saturated rings. The maximum absolute atomic E-state index is 12.5. The van der Waals surface area contributed by atoms with E-state index in [1.165, 1.54) is 0 Å². The summed E-state index contributed by atoms with van der Waals surface area (Å²) in [6.07, 6.45) is 0.736. The fourth-order valence-corrected chi connectivity index (χ4v) is 2.70. The molecular weight excluding hydrogens is 396 g/mol. The first-order valence-electron chi connectivity index (χ1n) is 10.3. The van der Waals surface area contributed by atoms with Crippen LogP contribution in [0.5, 0.6) is 0 Å². The highest BCUT2D eigenvalue weighted by molar-refractivity contribution is 6.05. The van der Waals surface area contributed by atoms with E-state index in [1.54, 1.807) is 48.5 Å². The number of rotatable bonds is 10. The molecule has 0 atom stereocenters. The number of ether oxygens (including phenoxy) is 1. The third-order valence-corrected chi connectivity index (χ3v) is 4.16. The van der Waals surface area contributed by atoms with E-state index in [1.807, 2.05) is 20.8 Å². The Morgan fingerprint density at radius 3 is 2.32 bits per heavy atom. The van der Waals surface area contributed by atoms with Crippen molar-refractivity contribution in [1.29, 1.82) is 0 Å². The van der Waals surface area contributed by atoms with E-state index in [-0.39, 0.29) is 23.9 Å². The van der Waals surface area contributed by atoms with E-state index < -0.39 is 0 Å². The number of nitrogens with one attached hydrogen (secondary N) is 4. The van der Waals surface area contributed by atoms with Crippen LogP contribution >= 0.6 is 0 Å². The van der Waals surface area contributed by atoms with Crippen LogP contribution in [0.3, 0.4) is 0 Å². The second-order valence-corrected chi connectivity index (χ2v) is 7.17. The Morgan fingerprint density at radius 1 is 0.903 bits per heavy atom. The highest BCUT2D eigenvalue weighted by atomic mass is 16.5. The van der Waals surface area contributed by atoms with E-state index in [0.717, 1.165) is 6.42 Å². The summed E-state index contributed by atoms with van der Waals surface area (Å²) in [4.78, 5) is 36.5. The fourth-order valence-electron chi connectivity index (χ4n) is 2.70. The Balaban J connectivity index is 1.91. The monoisotopic (exact) mass is 426 g/mol. The van der Waals surface area contributed by atoms with Crippen LogP contribution in [0.4, 0.5) is 16.2 Å². The first-order valence-corrected chi connectivity index (χ1v) is 10.3. The van der Waals surface area contributed by atoms with Gasteiger partial charge in [-0.3, -0.25) is 9.59 Å². The van der Waals surface area contributed by atoms with Crippen molar-refractivity contribution in [3.05, 3.63) is 59.7 Å². The third-order valence-electron chi connectivity index (χ3n) is 4.16. The number of hydrogen-bond acceptors (Lipinski definition) is 4. The zero-order valence-corrected chi connectivity index (χ0v) is 18.2. The lowest BCUT2D eigenvalue weighted by molar-refractivity contribution is 0.0943. The summed E-state index contributed by atoms with van der Waals surface area (Å²) in [6, 6.07) is 13.0. The van der Waals surface area contributed by atoms with Gasteiger partial charge in [-0.15, -0.1) is 0 Å². The van der Waals surface area contributed by atoms with Gasteiger partial charge in [0.25, 0.3) is 11.8 Å². The highest BCUT2D eigenvalue weighted by Crippen LogP contribution is 2.14. The quantitative estimate of drug-likeness (QED) is 0.435. The molecule has 8 nitrogen and oxygen atoms in total. The van der Waals surface area contributed by atoms with E-state index in [0.29, 0.717) is 42.3 Å². The van der Waals surface area contributed by atoms with Crippen LogP contribution < -0.4 is 21.3 Å². The molecule has 0 bridgehead atoms. The zero-order valence-electron chi connectivity index (χ0n) is 18.2. The predicted molar refractivity (Wildman–Crippen MR) is 122 cm³/mol. The normalized spacial score (nSPS) is 10.5. The number of anilines is 2. The zero-order chi connectivity index (χ0) is 22.6. The smallest absolute Gasteiger partial charge is 0.319 e. The fraction of sp³-hybridized carbons (Fsp3) is 0.348. The first-order chi connectivity index (χ1) is 14.9. The van der Waals surface area contributed by atoms with Gasteiger partial charge in [0.05, 0.1) is 0 Å². The van der Waals surface area contributed by atoms with Crippen molar-refractivity contribution in [1.82, 2.24) is 10.6 Å². The van der Waals surface area contributed by atoms with Gasteiger partial charge in [0.2, 0.25) is 0 Å². The maximum atomic E-state index is 12.5. The van der Waals surface area contributed by atoms with Gasteiger partial charge in [-0.2, -0.15) is 0 Å². The Morgan fingerprint density at radius 2 is 1.65 bits per heavy atom. The molecule has 0 aliphatic carbocycles. The number of urea groups is 1. The SMILES string of the molecule is CCOCCCNC(=O)c1cccc(NC(=O)c2ccc(NC(=O)NC(C)C)cc2)c1. The minimum atomic E-state index is -0.313. The average Bonchev–Trinajstić information content (AvgIpc) is 2.73. The van der Waals surface area contributed by atoms with Crippen molar-refractivity contribution in [2.24, 2.45) is 0 Å². The van der Waals surface area contributed by atoms with Crippen molar-refractivity contribution in [3.8, 4) is 0 Å². The second-order valence-electron chi connectivity index (χ2n) is 7.17. The number of hydrogen-bond donors (Lipinski definition) is 4. The highest BCUT2D eigenvalue weighted by Gasteiger charge is 2.10. The molecule has 0 saturated carbocycles. The minimum Gasteiger partial charge on any atom is -0.382 e. The molecule has 8 heteroatoms. The van der Waals surface area contributed by atoms with E-state index in [2.05, 4.69) is 21.3 Å². The van der Waals surface area contributed by atoms with Gasteiger partial charge in [0, 0.05) is 48.3 Å². The van der Waals surface area contributed by atoms with Gasteiger partial charge in [0.15, 0.2) is 0 Å². The Hall–Kier alpha value is -3.39. The molecule has 0 unspecified atom stereocenters. The molecule has 0 saturated heterocycles. The molecular formula is C23H30N4O4. The molecule has 2 aromatic rings. The lowest BCUT2D eigenvalue weighted by atomic mass is 10.1. The summed E-state index contributed by atoms with van der Waals surface area (Å²) in [5.74, 6) is -0.518. The lowest BCUT2D eigenvalue weighted by Crippen LogP contribution is -2.34. The standard InChI is InChI=1S/C23H30N4O4/c1-4-31-14-6-13-24-21(28)18-7-5-8-20(15-18)26-22(29)17-9-11-19(12-10-17)27-23(30)25-16(2)3/h5,7-12,15-16H,4,6,13-14H2,1-3H3,(H,24,28)(H,26,29)(H2,25,27,30). The van der Waals surface area contributed by atoms with Crippen LogP contribution in [0.2, 0.25) is 0 Å². The summed E-state index contributed by atoms with van der Waals surface area (Å²) >= 11 is 0. The van der Waals surface area contributed by atoms with Crippen molar-refractivity contribution < 1.29 is 19.1 Å². The third kappa shape index (κ3) is 8.47. The van der Waals surface area contributed by atoms with Crippen molar-refractivity contribution in [2.45, 2.75) is 33.2 Å². The minimum absolute atomic E-state index is 0.0259. The van der Waals surface area contributed by atoms with Gasteiger partial charge in [-0.25, -0.2) is 4.79 Å². The molecule has 4 amide bonds. The molecule has 166 valence electrons. The van der Waals surface area contributed by atoms with Gasteiger partial charge >= 0.3 is 6.03 Å². The van der Waals surface area contributed by atoms with Crippen LogP contribution in [0.25, 0.3) is 0 Å². The summed E-state index contributed by atoms with van der Waals surface area (Å²) in [5.41, 5.74) is 1.99. The van der Waals surface area contributed by atoms with E-state index in [9.17, 15) is 14.4 Å². The molecule has 0 aliphatic heterocycles. The number of carbonyl (C=O) groups is 3. The van der Waals surface area contributed by atoms with Gasteiger partial charge in [0.1, 0.15) is 0 Å². The topological polar surface area (TPSA) is 109 Å². The van der Waals surface area contributed by atoms with Crippen LogP contribution in [-0.2, 0) is 4.74 Å². The van der Waals surface area contributed by atoms with Crippen molar-refractivity contribution in [2.75, 3.05) is 30.4 Å². The van der Waals surface area contributed by atoms with Crippen LogP contribution in [-0.4, -0.2) is 43.6 Å². The van der Waals surface area contributed by atoms with Gasteiger partial charge in [-0.1, -0.05) is 6.07 Å². The molecule has 0 aliphatic rings. The van der Waals surface area contributed by atoms with E-state index >= 15 is 0 Å². The molecule has 0 aromatic heterocycles. The predicted octanol–water partition coefficient (Wildman–Crippen LogP) is 3.63. The maximum Gasteiger partial charge on any atom is 0.319 e. The van der Waals surface area contributed by atoms with Crippen molar-refractivity contribution >= 4 is 29.2 Å². The molecule has 31 heavy (non-hydrogen) atoms. The average molecular weight is 427 g/mol. The molecule has 0 radical (unpaired) electrons. The molecule has 4 N–H and O–H groups in total. The van der Waals surface area contributed by atoms with E-state index in [4.69, 9.17) is 4.74 Å². The van der Waals surface area contributed by atoms with Gasteiger partial charge in [-0.05, 0) is 69.7 Å². The molecule has 2 rings (SSSR count). The largest absolute Gasteiger partial charge is 0.382 e. The summed E-state index contributed by atoms with van der Waals surface area (Å²) < 4.78 is 5.24. The second kappa shape index (κ2) is 12.3. The summed E-state index contributed by atoms with van der Waals surface area (Å²) in [6.45, 7) is 7.44. The first kappa shape index (κ1) is 23.9.